The van der Waals surface area contributed by atoms with Crippen LogP contribution >= 0.6 is 11.6 Å². The lowest BCUT2D eigenvalue weighted by molar-refractivity contribution is -0.153. The Hall–Kier alpha value is -2.13. The van der Waals surface area contributed by atoms with Gasteiger partial charge in [-0.1, -0.05) is 42.6 Å². The van der Waals surface area contributed by atoms with E-state index in [9.17, 15) is 9.59 Å². The second-order valence-electron chi connectivity index (χ2n) is 8.16. The molecule has 1 spiro atoms. The Morgan fingerprint density at radius 1 is 0.929 bits per heavy atom. The zero-order chi connectivity index (χ0) is 19.9. The third-order valence-electron chi connectivity index (χ3n) is 6.23. The lowest BCUT2D eigenvalue weighted by atomic mass is 9.80. The maximum atomic E-state index is 13.4. The van der Waals surface area contributed by atoms with Crippen LogP contribution in [0.25, 0.3) is 11.1 Å². The summed E-state index contributed by atoms with van der Waals surface area (Å²) >= 11 is 6.03. The van der Waals surface area contributed by atoms with Crippen LogP contribution in [0.3, 0.4) is 0 Å². The minimum absolute atomic E-state index is 0.0478. The molecule has 1 aliphatic heterocycles. The molecule has 1 atom stereocenters. The van der Waals surface area contributed by atoms with E-state index in [2.05, 4.69) is 6.07 Å². The number of hydrogen-bond acceptors (Lipinski definition) is 3. The first kappa shape index (κ1) is 19.2. The molecule has 146 valence electrons. The highest BCUT2D eigenvalue weighted by atomic mass is 35.5. The van der Waals surface area contributed by atoms with Gasteiger partial charge in [-0.3, -0.25) is 9.59 Å². The number of hydrogen-bond donors (Lipinski definition) is 0. The summed E-state index contributed by atoms with van der Waals surface area (Å²) in [5, 5.41) is 0.679. The van der Waals surface area contributed by atoms with Crippen LogP contribution in [0.15, 0.2) is 36.4 Å². The second-order valence-corrected chi connectivity index (χ2v) is 8.59. The van der Waals surface area contributed by atoms with Crippen LogP contribution in [0, 0.1) is 13.8 Å². The molecule has 0 amide bonds. The van der Waals surface area contributed by atoms with Crippen molar-refractivity contribution < 1.29 is 14.3 Å². The second kappa shape index (κ2) is 7.36. The molecule has 1 saturated heterocycles. The van der Waals surface area contributed by atoms with Crippen molar-refractivity contribution in [2.45, 2.75) is 63.9 Å². The zero-order valence-corrected chi connectivity index (χ0v) is 17.1. The summed E-state index contributed by atoms with van der Waals surface area (Å²) in [7, 11) is 0. The number of carbonyl (C=O) groups is 2. The summed E-state index contributed by atoms with van der Waals surface area (Å²) in [6.45, 7) is 4.01. The van der Waals surface area contributed by atoms with Gasteiger partial charge in [0, 0.05) is 5.02 Å². The van der Waals surface area contributed by atoms with Crippen LogP contribution in [-0.4, -0.2) is 17.4 Å². The van der Waals surface area contributed by atoms with Crippen molar-refractivity contribution in [2.24, 2.45) is 0 Å². The Bertz CT molecular complexity index is 922. The van der Waals surface area contributed by atoms with E-state index in [-0.39, 0.29) is 11.8 Å². The SMILES string of the molecule is Cc1cc(C)c(C2C(=O)OC3(CCCCCC3)C2=O)cc1-c1ccc(Cl)cc1. The molecule has 1 heterocycles. The Kier molecular flexibility index (Phi) is 5.05. The van der Waals surface area contributed by atoms with Crippen molar-refractivity contribution in [1.82, 2.24) is 0 Å². The van der Waals surface area contributed by atoms with Gasteiger partial charge in [0.1, 0.15) is 5.92 Å². The predicted molar refractivity (Wildman–Crippen MR) is 111 cm³/mol. The van der Waals surface area contributed by atoms with E-state index in [1.165, 1.54) is 0 Å². The smallest absolute Gasteiger partial charge is 0.322 e. The molecule has 0 N–H and O–H groups in total. The van der Waals surface area contributed by atoms with Crippen molar-refractivity contribution in [2.75, 3.05) is 0 Å². The van der Waals surface area contributed by atoms with Crippen molar-refractivity contribution in [3.8, 4) is 11.1 Å². The van der Waals surface area contributed by atoms with Gasteiger partial charge in [-0.15, -0.1) is 0 Å². The van der Waals surface area contributed by atoms with Crippen LogP contribution in [0.1, 0.15) is 61.1 Å². The van der Waals surface area contributed by atoms with E-state index in [1.54, 1.807) is 0 Å². The van der Waals surface area contributed by atoms with Crippen LogP contribution in [0.5, 0.6) is 0 Å². The number of aryl methyl sites for hydroxylation is 2. The molecule has 0 aromatic heterocycles. The topological polar surface area (TPSA) is 43.4 Å². The fourth-order valence-electron chi connectivity index (χ4n) is 4.71. The maximum absolute atomic E-state index is 13.4. The molecule has 1 unspecified atom stereocenters. The Morgan fingerprint density at radius 3 is 2.21 bits per heavy atom. The monoisotopic (exact) mass is 396 g/mol. The maximum Gasteiger partial charge on any atom is 0.322 e. The number of ketones is 1. The molecule has 0 bridgehead atoms. The average molecular weight is 397 g/mol. The summed E-state index contributed by atoms with van der Waals surface area (Å²) < 4.78 is 5.79. The van der Waals surface area contributed by atoms with E-state index < -0.39 is 11.5 Å². The van der Waals surface area contributed by atoms with Crippen molar-refractivity contribution >= 4 is 23.4 Å². The summed E-state index contributed by atoms with van der Waals surface area (Å²) in [5.74, 6) is -1.25. The van der Waals surface area contributed by atoms with E-state index in [0.717, 1.165) is 53.5 Å². The highest BCUT2D eigenvalue weighted by molar-refractivity contribution is 6.30. The third-order valence-corrected chi connectivity index (χ3v) is 6.49. The van der Waals surface area contributed by atoms with E-state index in [4.69, 9.17) is 16.3 Å². The molecule has 2 fully saturated rings. The minimum atomic E-state index is -0.907. The highest BCUT2D eigenvalue weighted by Gasteiger charge is 2.55. The van der Waals surface area contributed by atoms with Crippen LogP contribution < -0.4 is 0 Å². The molecule has 1 saturated carbocycles. The van der Waals surface area contributed by atoms with E-state index in [1.807, 2.05) is 44.2 Å². The first-order valence-electron chi connectivity index (χ1n) is 10.1. The standard InChI is InChI=1S/C24H25ClO3/c1-15-13-16(2)20(14-19(15)17-7-9-18(25)10-8-17)21-22(26)24(28-23(21)27)11-5-3-4-6-12-24/h7-10,13-14,21H,3-6,11-12H2,1-2H3. The van der Waals surface area contributed by atoms with Gasteiger partial charge in [0.15, 0.2) is 11.4 Å². The van der Waals surface area contributed by atoms with Gasteiger partial charge in [0.25, 0.3) is 0 Å². The van der Waals surface area contributed by atoms with Gasteiger partial charge >= 0.3 is 5.97 Å². The average Bonchev–Trinajstić information content (AvgIpc) is 2.81. The molecule has 28 heavy (non-hydrogen) atoms. The number of Topliss-reactive ketones (excluding diaryl/α,β-unsaturated/α-hetero) is 1. The summed E-state index contributed by atoms with van der Waals surface area (Å²) in [4.78, 5) is 26.3. The number of benzene rings is 2. The zero-order valence-electron chi connectivity index (χ0n) is 16.4. The predicted octanol–water partition coefficient (Wildman–Crippen LogP) is 5.93. The Morgan fingerprint density at radius 2 is 1.57 bits per heavy atom. The molecule has 2 aliphatic rings. The van der Waals surface area contributed by atoms with E-state index in [0.29, 0.717) is 17.9 Å². The van der Waals surface area contributed by atoms with E-state index >= 15 is 0 Å². The largest absolute Gasteiger partial charge is 0.450 e. The number of esters is 1. The van der Waals surface area contributed by atoms with Gasteiger partial charge in [-0.05, 0) is 85.5 Å². The van der Waals surface area contributed by atoms with Crippen LogP contribution in [-0.2, 0) is 14.3 Å². The molecule has 2 aromatic carbocycles. The van der Waals surface area contributed by atoms with Gasteiger partial charge in [-0.2, -0.15) is 0 Å². The molecule has 3 nitrogen and oxygen atoms in total. The Labute approximate surface area is 171 Å². The molecular weight excluding hydrogens is 372 g/mol. The summed E-state index contributed by atoms with van der Waals surface area (Å²) in [6.07, 6.45) is 5.39. The minimum Gasteiger partial charge on any atom is -0.450 e. The fourth-order valence-corrected chi connectivity index (χ4v) is 4.83. The summed E-state index contributed by atoms with van der Waals surface area (Å²) in [6, 6.07) is 11.7. The van der Waals surface area contributed by atoms with Gasteiger partial charge in [-0.25, -0.2) is 0 Å². The summed E-state index contributed by atoms with van der Waals surface area (Å²) in [5.41, 5.74) is 3.95. The number of ether oxygens (including phenoxy) is 1. The van der Waals surface area contributed by atoms with Crippen molar-refractivity contribution in [3.05, 3.63) is 58.1 Å². The molecular formula is C24H25ClO3. The molecule has 0 radical (unpaired) electrons. The Balaban J connectivity index is 1.76. The van der Waals surface area contributed by atoms with Gasteiger partial charge < -0.3 is 4.74 Å². The molecule has 1 aliphatic carbocycles. The molecule has 4 rings (SSSR count). The number of halogens is 1. The van der Waals surface area contributed by atoms with Crippen LogP contribution in [0.2, 0.25) is 5.02 Å². The fraction of sp³-hybridized carbons (Fsp3) is 0.417. The number of carbonyl (C=O) groups excluding carboxylic acids is 2. The van der Waals surface area contributed by atoms with Crippen molar-refractivity contribution in [3.63, 3.8) is 0 Å². The molecule has 2 aromatic rings. The van der Waals surface area contributed by atoms with Gasteiger partial charge in [0.2, 0.25) is 0 Å². The lowest BCUT2D eigenvalue weighted by Gasteiger charge is -2.24. The normalized spacial score (nSPS) is 21.6. The highest BCUT2D eigenvalue weighted by Crippen LogP contribution is 2.44. The quantitative estimate of drug-likeness (QED) is 0.467. The van der Waals surface area contributed by atoms with Gasteiger partial charge in [0.05, 0.1) is 0 Å². The number of rotatable bonds is 2. The van der Waals surface area contributed by atoms with Crippen molar-refractivity contribution in [1.29, 1.82) is 0 Å². The first-order valence-corrected chi connectivity index (χ1v) is 10.4. The third kappa shape index (κ3) is 3.26. The lowest BCUT2D eigenvalue weighted by Crippen LogP contribution is -2.36. The first-order chi connectivity index (χ1) is 13.4. The molecule has 4 heteroatoms. The van der Waals surface area contributed by atoms with Crippen LogP contribution in [0.4, 0.5) is 0 Å².